The quantitative estimate of drug-likeness (QED) is 0.706. The van der Waals surface area contributed by atoms with Gasteiger partial charge in [0.15, 0.2) is 0 Å². The van der Waals surface area contributed by atoms with Crippen molar-refractivity contribution < 1.29 is 4.74 Å². The number of ether oxygens (including phenoxy) is 1. The largest absolute Gasteiger partial charge is 0.383 e. The molecule has 5 heteroatoms. The van der Waals surface area contributed by atoms with Gasteiger partial charge in [0.25, 0.3) is 0 Å². The average Bonchev–Trinajstić information content (AvgIpc) is 3.28. The first-order valence-corrected chi connectivity index (χ1v) is 11.8. The van der Waals surface area contributed by atoms with E-state index < -0.39 is 0 Å². The molecule has 3 saturated heterocycles. The van der Waals surface area contributed by atoms with Crippen LogP contribution in [0.4, 0.5) is 0 Å². The number of hydrogen-bond acceptors (Lipinski definition) is 5. The highest BCUT2D eigenvalue weighted by molar-refractivity contribution is 7.10. The minimum absolute atomic E-state index is 0.542. The molecule has 0 aliphatic carbocycles. The highest BCUT2D eigenvalue weighted by Crippen LogP contribution is 2.39. The average molecular weight is 392 g/mol. The summed E-state index contributed by atoms with van der Waals surface area (Å²) < 4.78 is 5.30. The third kappa shape index (κ3) is 5.33. The molecule has 0 bridgehead atoms. The van der Waals surface area contributed by atoms with E-state index in [1.54, 1.807) is 4.88 Å². The molecule has 1 aromatic heterocycles. The van der Waals surface area contributed by atoms with Crippen molar-refractivity contribution in [3.8, 4) is 0 Å². The van der Waals surface area contributed by atoms with E-state index in [-0.39, 0.29) is 0 Å². The summed E-state index contributed by atoms with van der Waals surface area (Å²) in [5, 5.41) is 2.41. The van der Waals surface area contributed by atoms with E-state index >= 15 is 0 Å². The lowest BCUT2D eigenvalue weighted by molar-refractivity contribution is 0.0674. The maximum atomic E-state index is 5.30. The van der Waals surface area contributed by atoms with E-state index in [4.69, 9.17) is 4.74 Å². The number of rotatable bonds is 7. The minimum atomic E-state index is 0.542. The third-order valence-corrected chi connectivity index (χ3v) is 7.78. The second-order valence-electron chi connectivity index (χ2n) is 9.09. The Bertz CT molecular complexity index is 586. The standard InChI is InChI=1S/C22H37N3OS/c1-26-13-12-24-10-5-6-22(18-24)7-11-25(19-22)16-21-14-20(17-27-21)15-23-8-3-2-4-9-23/h14,17H,2-13,15-16,18-19H2,1H3. The van der Waals surface area contributed by atoms with E-state index in [1.165, 1.54) is 83.4 Å². The van der Waals surface area contributed by atoms with Crippen LogP contribution in [0.1, 0.15) is 49.0 Å². The molecule has 4 nitrogen and oxygen atoms in total. The summed E-state index contributed by atoms with van der Waals surface area (Å²) in [4.78, 5) is 9.55. The van der Waals surface area contributed by atoms with Gasteiger partial charge in [-0.2, -0.15) is 0 Å². The zero-order chi connectivity index (χ0) is 18.5. The Kier molecular flexibility index (Phi) is 6.88. The van der Waals surface area contributed by atoms with Gasteiger partial charge < -0.3 is 9.64 Å². The normalized spacial score (nSPS) is 28.3. The van der Waals surface area contributed by atoms with Gasteiger partial charge in [-0.3, -0.25) is 9.80 Å². The molecule has 27 heavy (non-hydrogen) atoms. The van der Waals surface area contributed by atoms with Crippen LogP contribution in [0.2, 0.25) is 0 Å². The van der Waals surface area contributed by atoms with E-state index in [2.05, 4.69) is 26.1 Å². The Morgan fingerprint density at radius 1 is 0.926 bits per heavy atom. The number of thiophene rings is 1. The molecule has 152 valence electrons. The number of nitrogens with zero attached hydrogens (tertiary/aromatic N) is 3. The zero-order valence-corrected chi connectivity index (χ0v) is 17.9. The molecule has 4 heterocycles. The van der Waals surface area contributed by atoms with Gasteiger partial charge in [0.2, 0.25) is 0 Å². The Hall–Kier alpha value is -0.460. The maximum Gasteiger partial charge on any atom is 0.0589 e. The fourth-order valence-corrected chi connectivity index (χ4v) is 6.33. The molecule has 1 atom stereocenters. The van der Waals surface area contributed by atoms with Crippen molar-refractivity contribution in [3.05, 3.63) is 21.9 Å². The SMILES string of the molecule is COCCN1CCCC2(CCN(Cc3cc(CN4CCCCC4)cs3)C2)C1. The summed E-state index contributed by atoms with van der Waals surface area (Å²) in [6, 6.07) is 2.48. The van der Waals surface area contributed by atoms with E-state index in [1.807, 2.05) is 18.4 Å². The first-order chi connectivity index (χ1) is 13.2. The topological polar surface area (TPSA) is 19.0 Å². The van der Waals surface area contributed by atoms with Gasteiger partial charge >= 0.3 is 0 Å². The Morgan fingerprint density at radius 3 is 2.59 bits per heavy atom. The van der Waals surface area contributed by atoms with Gasteiger partial charge in [-0.05, 0) is 80.7 Å². The van der Waals surface area contributed by atoms with E-state index in [9.17, 15) is 0 Å². The van der Waals surface area contributed by atoms with Crippen molar-refractivity contribution in [2.45, 2.75) is 51.6 Å². The molecule has 0 amide bonds. The molecule has 0 radical (unpaired) electrons. The fourth-order valence-electron chi connectivity index (χ4n) is 5.41. The van der Waals surface area contributed by atoms with Crippen molar-refractivity contribution in [2.24, 2.45) is 5.41 Å². The highest BCUT2D eigenvalue weighted by Gasteiger charge is 2.41. The van der Waals surface area contributed by atoms with Gasteiger partial charge in [-0.1, -0.05) is 6.42 Å². The zero-order valence-electron chi connectivity index (χ0n) is 17.1. The third-order valence-electron chi connectivity index (χ3n) is 6.81. The van der Waals surface area contributed by atoms with Crippen molar-refractivity contribution in [1.82, 2.24) is 14.7 Å². The van der Waals surface area contributed by atoms with Crippen LogP contribution in [-0.2, 0) is 17.8 Å². The maximum absolute atomic E-state index is 5.30. The first-order valence-electron chi connectivity index (χ1n) is 11.0. The summed E-state index contributed by atoms with van der Waals surface area (Å²) in [5.41, 5.74) is 2.08. The minimum Gasteiger partial charge on any atom is -0.383 e. The number of likely N-dealkylation sites (tertiary alicyclic amines) is 3. The van der Waals surface area contributed by atoms with Gasteiger partial charge in [0, 0.05) is 44.7 Å². The van der Waals surface area contributed by atoms with Crippen LogP contribution in [-0.4, -0.2) is 74.2 Å². The molecule has 3 fully saturated rings. The Morgan fingerprint density at radius 2 is 1.74 bits per heavy atom. The van der Waals surface area contributed by atoms with E-state index in [0.29, 0.717) is 5.41 Å². The number of piperidine rings is 2. The first kappa shape index (κ1) is 19.8. The molecule has 3 aliphatic heterocycles. The summed E-state index contributed by atoms with van der Waals surface area (Å²) in [6.07, 6.45) is 8.34. The lowest BCUT2D eigenvalue weighted by Crippen LogP contribution is -2.45. The van der Waals surface area contributed by atoms with Gasteiger partial charge in [-0.15, -0.1) is 11.3 Å². The van der Waals surface area contributed by atoms with Gasteiger partial charge in [0.1, 0.15) is 0 Å². The molecule has 0 aromatic carbocycles. The summed E-state index contributed by atoms with van der Waals surface area (Å²) in [5.74, 6) is 0. The summed E-state index contributed by atoms with van der Waals surface area (Å²) in [6.45, 7) is 12.0. The molecule has 0 saturated carbocycles. The molecule has 1 aromatic rings. The summed E-state index contributed by atoms with van der Waals surface area (Å²) in [7, 11) is 1.82. The molecule has 4 rings (SSSR count). The molecule has 3 aliphatic rings. The predicted octanol–water partition coefficient (Wildman–Crippen LogP) is 3.67. The lowest BCUT2D eigenvalue weighted by atomic mass is 9.79. The van der Waals surface area contributed by atoms with Crippen LogP contribution in [0.25, 0.3) is 0 Å². The fraction of sp³-hybridized carbons (Fsp3) is 0.818. The second-order valence-corrected chi connectivity index (χ2v) is 10.1. The molecule has 1 unspecified atom stereocenters. The van der Waals surface area contributed by atoms with Crippen molar-refractivity contribution >= 4 is 11.3 Å². The number of hydrogen-bond donors (Lipinski definition) is 0. The van der Waals surface area contributed by atoms with Crippen molar-refractivity contribution in [2.75, 3.05) is 59.5 Å². The van der Waals surface area contributed by atoms with Crippen molar-refractivity contribution in [1.29, 1.82) is 0 Å². The van der Waals surface area contributed by atoms with Crippen LogP contribution >= 0.6 is 11.3 Å². The van der Waals surface area contributed by atoms with Crippen LogP contribution < -0.4 is 0 Å². The van der Waals surface area contributed by atoms with Gasteiger partial charge in [-0.25, -0.2) is 0 Å². The second kappa shape index (κ2) is 9.36. The number of methoxy groups -OCH3 is 1. The smallest absolute Gasteiger partial charge is 0.0589 e. The van der Waals surface area contributed by atoms with Crippen LogP contribution in [0.3, 0.4) is 0 Å². The highest BCUT2D eigenvalue weighted by atomic mass is 32.1. The van der Waals surface area contributed by atoms with Crippen LogP contribution in [0.15, 0.2) is 11.4 Å². The van der Waals surface area contributed by atoms with Crippen LogP contribution in [0, 0.1) is 5.41 Å². The predicted molar refractivity (Wildman–Crippen MR) is 113 cm³/mol. The van der Waals surface area contributed by atoms with Gasteiger partial charge in [0.05, 0.1) is 6.61 Å². The molecule has 0 N–H and O–H groups in total. The Balaban J connectivity index is 1.27. The van der Waals surface area contributed by atoms with Crippen LogP contribution in [0.5, 0.6) is 0 Å². The van der Waals surface area contributed by atoms with Crippen molar-refractivity contribution in [3.63, 3.8) is 0 Å². The molecular weight excluding hydrogens is 354 g/mol. The monoisotopic (exact) mass is 391 g/mol. The van der Waals surface area contributed by atoms with E-state index in [0.717, 1.165) is 26.2 Å². The lowest BCUT2D eigenvalue weighted by Gasteiger charge is -2.40. The molecule has 1 spiro atoms. The summed E-state index contributed by atoms with van der Waals surface area (Å²) >= 11 is 1.98. The molecular formula is C22H37N3OS. The Labute approximate surface area is 169 Å².